The Morgan fingerprint density at radius 1 is 1.23 bits per heavy atom. The van der Waals surface area contributed by atoms with Crippen LogP contribution < -0.4 is 15.5 Å². The van der Waals surface area contributed by atoms with Gasteiger partial charge in [0.25, 0.3) is 0 Å². The summed E-state index contributed by atoms with van der Waals surface area (Å²) in [7, 11) is 0. The van der Waals surface area contributed by atoms with Gasteiger partial charge >= 0.3 is 12.0 Å². The Hall–Kier alpha value is -4.13. The molecule has 3 atom stereocenters. The van der Waals surface area contributed by atoms with Crippen LogP contribution in [0.25, 0.3) is 22.4 Å². The van der Waals surface area contributed by atoms with Crippen LogP contribution in [-0.2, 0) is 20.7 Å². The Morgan fingerprint density at radius 2 is 1.97 bits per heavy atom. The summed E-state index contributed by atoms with van der Waals surface area (Å²) in [5.41, 5.74) is -0.981. The number of morpholine rings is 1. The zero-order valence-corrected chi connectivity index (χ0v) is 18.5. The first kappa shape index (κ1) is 21.4. The lowest BCUT2D eigenvalue weighted by Crippen LogP contribution is -2.75. The molecule has 0 radical (unpaired) electrons. The minimum Gasteiger partial charge on any atom is -0.479 e. The highest BCUT2D eigenvalue weighted by molar-refractivity contribution is 6.20. The van der Waals surface area contributed by atoms with E-state index in [0.29, 0.717) is 5.56 Å². The predicted octanol–water partition coefficient (Wildman–Crippen LogP) is 1.02. The molecule has 0 saturated carbocycles. The van der Waals surface area contributed by atoms with E-state index >= 15 is 4.39 Å². The first-order valence-corrected chi connectivity index (χ1v) is 10.9. The Morgan fingerprint density at radius 3 is 2.69 bits per heavy atom. The third kappa shape index (κ3) is 2.87. The van der Waals surface area contributed by atoms with Gasteiger partial charge in [-0.25, -0.2) is 14.2 Å². The first-order chi connectivity index (χ1) is 16.7. The largest absolute Gasteiger partial charge is 0.479 e. The van der Waals surface area contributed by atoms with Gasteiger partial charge in [-0.1, -0.05) is 5.16 Å². The van der Waals surface area contributed by atoms with Crippen LogP contribution >= 0.6 is 0 Å². The highest BCUT2D eigenvalue weighted by atomic mass is 19.1. The van der Waals surface area contributed by atoms with Crippen molar-refractivity contribution >= 4 is 34.5 Å². The minimum atomic E-state index is -1.74. The van der Waals surface area contributed by atoms with Crippen molar-refractivity contribution < 1.29 is 33.1 Å². The minimum absolute atomic E-state index is 0.133. The molecule has 1 spiro atoms. The van der Waals surface area contributed by atoms with Gasteiger partial charge in [0, 0.05) is 19.2 Å². The van der Waals surface area contributed by atoms with Crippen LogP contribution in [0, 0.1) is 11.2 Å². The van der Waals surface area contributed by atoms with Gasteiger partial charge in [-0.05, 0) is 31.5 Å². The molecule has 0 aliphatic carbocycles. The number of amides is 4. The number of aromatic hydroxyl groups is 1. The van der Waals surface area contributed by atoms with Crippen molar-refractivity contribution in [3.8, 4) is 17.4 Å². The molecular weight excluding hydrogens is 463 g/mol. The molecule has 0 unspecified atom stereocenters. The van der Waals surface area contributed by atoms with E-state index in [2.05, 4.69) is 25.8 Å². The third-order valence-corrected chi connectivity index (χ3v) is 6.85. The average Bonchev–Trinajstić information content (AvgIpc) is 3.21. The van der Waals surface area contributed by atoms with Crippen molar-refractivity contribution in [3.05, 3.63) is 29.7 Å². The van der Waals surface area contributed by atoms with Crippen LogP contribution in [0.2, 0.25) is 0 Å². The number of nitrogens with one attached hydrogen (secondary N) is 2. The maximum atomic E-state index is 16.0. The van der Waals surface area contributed by atoms with Crippen molar-refractivity contribution in [1.29, 1.82) is 0 Å². The summed E-state index contributed by atoms with van der Waals surface area (Å²) in [6.07, 6.45) is 0.158. The summed E-state index contributed by atoms with van der Waals surface area (Å²) < 4.78 is 27.3. The molecule has 2 fully saturated rings. The number of imide groups is 2. The Kier molecular flexibility index (Phi) is 4.39. The molecule has 3 aromatic rings. The number of fused-ring (bicyclic) bond motifs is 5. The van der Waals surface area contributed by atoms with Gasteiger partial charge in [-0.3, -0.25) is 20.2 Å². The summed E-state index contributed by atoms with van der Waals surface area (Å²) >= 11 is 0. The van der Waals surface area contributed by atoms with Crippen LogP contribution in [0.3, 0.4) is 0 Å². The van der Waals surface area contributed by atoms with Crippen LogP contribution in [-0.4, -0.2) is 62.9 Å². The molecule has 35 heavy (non-hydrogen) atoms. The van der Waals surface area contributed by atoms with E-state index < -0.39 is 47.2 Å². The second kappa shape index (κ2) is 7.18. The molecule has 3 aliphatic heterocycles. The van der Waals surface area contributed by atoms with E-state index in [4.69, 9.17) is 9.26 Å². The summed E-state index contributed by atoms with van der Waals surface area (Å²) in [6, 6.07) is 0.790. The van der Waals surface area contributed by atoms with Gasteiger partial charge < -0.3 is 19.3 Å². The number of hydrogen-bond acceptors (Lipinski definition) is 10. The quantitative estimate of drug-likeness (QED) is 0.427. The fourth-order valence-electron chi connectivity index (χ4n) is 5.61. The lowest BCUT2D eigenvalue weighted by Gasteiger charge is -2.55. The van der Waals surface area contributed by atoms with Crippen molar-refractivity contribution in [2.24, 2.45) is 5.41 Å². The fraction of sp³-hybridized carbons (Fsp3) is 0.364. The topological polar surface area (TPSA) is 160 Å². The molecule has 2 saturated heterocycles. The van der Waals surface area contributed by atoms with Crippen LogP contribution in [0.1, 0.15) is 19.4 Å². The standard InChI is InChI=1S/C22H19FN6O6/c1-8-7-29-15-10(6-22(17(29)9(2)34-8)18(30)26-21(33)27-19(22)31)5-11-14(28-35-16(11)13(15)23)12-3-4-24-20(32)25-12/h3-5,8-9,17H,6-7H2,1-2H3,(H,24,25,32)(H2,26,27,30,31,33)/t8-,9+,17-/m1/s1. The number of hydrogen-bond donors (Lipinski definition) is 3. The number of nitrogens with zero attached hydrogens (tertiary/aromatic N) is 4. The van der Waals surface area contributed by atoms with Crippen molar-refractivity contribution in [2.45, 2.75) is 38.5 Å². The summed E-state index contributed by atoms with van der Waals surface area (Å²) in [4.78, 5) is 47.6. The number of anilines is 1. The lowest BCUT2D eigenvalue weighted by atomic mass is 9.66. The summed E-state index contributed by atoms with van der Waals surface area (Å²) in [5.74, 6) is -2.25. The van der Waals surface area contributed by atoms with E-state index in [-0.39, 0.29) is 47.1 Å². The number of carbonyl (C=O) groups excluding carboxylic acids is 3. The zero-order chi connectivity index (χ0) is 24.6. The zero-order valence-electron chi connectivity index (χ0n) is 18.5. The monoisotopic (exact) mass is 482 g/mol. The normalized spacial score (nSPS) is 25.3. The number of rotatable bonds is 1. The van der Waals surface area contributed by atoms with E-state index in [9.17, 15) is 19.5 Å². The van der Waals surface area contributed by atoms with Gasteiger partial charge in [-0.15, -0.1) is 0 Å². The molecule has 180 valence electrons. The van der Waals surface area contributed by atoms with Crippen LogP contribution in [0.15, 0.2) is 22.9 Å². The Labute approximate surface area is 196 Å². The predicted molar refractivity (Wildman–Crippen MR) is 116 cm³/mol. The maximum Gasteiger partial charge on any atom is 0.328 e. The maximum absolute atomic E-state index is 16.0. The van der Waals surface area contributed by atoms with E-state index in [1.165, 1.54) is 12.3 Å². The van der Waals surface area contributed by atoms with Crippen LogP contribution in [0.4, 0.5) is 14.9 Å². The molecule has 2 aromatic heterocycles. The molecule has 12 nitrogen and oxygen atoms in total. The van der Waals surface area contributed by atoms with E-state index in [1.807, 2.05) is 6.92 Å². The molecule has 4 amide bonds. The lowest BCUT2D eigenvalue weighted by molar-refractivity contribution is -0.153. The smallest absolute Gasteiger partial charge is 0.328 e. The molecule has 13 heteroatoms. The summed E-state index contributed by atoms with van der Waals surface area (Å²) in [5, 5.41) is 18.3. The highest BCUT2D eigenvalue weighted by Crippen LogP contribution is 2.49. The molecule has 6 rings (SSSR count). The molecule has 3 aliphatic rings. The second-order valence-electron chi connectivity index (χ2n) is 8.98. The molecule has 0 bridgehead atoms. The van der Waals surface area contributed by atoms with Gasteiger partial charge in [0.2, 0.25) is 17.4 Å². The van der Waals surface area contributed by atoms with Gasteiger partial charge in [0.1, 0.15) is 11.4 Å². The van der Waals surface area contributed by atoms with Gasteiger partial charge in [0.15, 0.2) is 11.2 Å². The number of urea groups is 1. The molecular formula is C22H19FN6O6. The Bertz CT molecular complexity index is 1420. The van der Waals surface area contributed by atoms with Crippen molar-refractivity contribution in [2.75, 3.05) is 11.4 Å². The number of carbonyl (C=O) groups is 3. The number of benzene rings is 1. The molecule has 1 aromatic carbocycles. The fourth-order valence-corrected chi connectivity index (χ4v) is 5.61. The number of ether oxygens (including phenoxy) is 1. The second-order valence-corrected chi connectivity index (χ2v) is 8.98. The molecule has 5 heterocycles. The number of halogens is 1. The molecule has 3 N–H and O–H groups in total. The van der Waals surface area contributed by atoms with Gasteiger partial charge in [0.05, 0.1) is 29.3 Å². The number of barbiturate groups is 1. The number of aromatic nitrogens is 3. The third-order valence-electron chi connectivity index (χ3n) is 6.85. The SMILES string of the molecule is C[C@@H]1CN2c3c(cc4c(-c5ccnc(O)n5)noc4c3F)CC3(C(=O)NC(=O)NC3=O)[C@H]2[C@H](C)O1. The first-order valence-electron chi connectivity index (χ1n) is 10.9. The van der Waals surface area contributed by atoms with Crippen molar-refractivity contribution in [1.82, 2.24) is 25.8 Å². The van der Waals surface area contributed by atoms with E-state index in [1.54, 1.807) is 17.9 Å². The highest BCUT2D eigenvalue weighted by Gasteiger charge is 2.63. The van der Waals surface area contributed by atoms with Gasteiger partial charge in [-0.2, -0.15) is 4.98 Å². The van der Waals surface area contributed by atoms with E-state index in [0.717, 1.165) is 0 Å². The Balaban J connectivity index is 1.60. The summed E-state index contributed by atoms with van der Waals surface area (Å²) in [6.45, 7) is 3.71. The average molecular weight is 482 g/mol. The van der Waals surface area contributed by atoms with Crippen molar-refractivity contribution in [3.63, 3.8) is 0 Å². The van der Waals surface area contributed by atoms with Crippen LogP contribution in [0.5, 0.6) is 6.01 Å².